The Hall–Kier alpha value is -1.97. The van der Waals surface area contributed by atoms with Crippen molar-refractivity contribution in [2.75, 3.05) is 51.6 Å². The maximum Gasteiger partial charge on any atom is 0.243 e. The number of amides is 2. The summed E-state index contributed by atoms with van der Waals surface area (Å²) < 4.78 is 26.9. The lowest BCUT2D eigenvalue weighted by molar-refractivity contribution is -0.131. The smallest absolute Gasteiger partial charge is 0.243 e. The molecule has 1 aromatic carbocycles. The van der Waals surface area contributed by atoms with Gasteiger partial charge in [-0.2, -0.15) is 4.31 Å². The van der Waals surface area contributed by atoms with Crippen molar-refractivity contribution < 1.29 is 18.0 Å². The molecule has 32 heavy (non-hydrogen) atoms. The summed E-state index contributed by atoms with van der Waals surface area (Å²) >= 11 is 0. The number of anilines is 1. The molecule has 0 spiro atoms. The van der Waals surface area contributed by atoms with E-state index in [1.165, 1.54) is 58.2 Å². The summed E-state index contributed by atoms with van der Waals surface area (Å²) in [6.07, 6.45) is 7.56. The Bertz CT molecular complexity index is 882. The van der Waals surface area contributed by atoms with Gasteiger partial charge in [-0.15, -0.1) is 0 Å². The van der Waals surface area contributed by atoms with E-state index in [0.717, 1.165) is 36.3 Å². The van der Waals surface area contributed by atoms with Crippen LogP contribution in [-0.4, -0.2) is 80.7 Å². The predicted molar refractivity (Wildman–Crippen MR) is 125 cm³/mol. The van der Waals surface area contributed by atoms with Gasteiger partial charge in [0.15, 0.2) is 0 Å². The first-order chi connectivity index (χ1) is 15.3. The molecule has 1 saturated heterocycles. The number of carbonyl (C=O) groups excluding carboxylic acids is 2. The molecule has 0 atom stereocenters. The molecular weight excluding hydrogens is 428 g/mol. The summed E-state index contributed by atoms with van der Waals surface area (Å²) in [6.45, 7) is 5.48. The first kappa shape index (κ1) is 24.7. The minimum absolute atomic E-state index is 0.0939. The monoisotopic (exact) mass is 464 g/mol. The van der Waals surface area contributed by atoms with Gasteiger partial charge in [-0.3, -0.25) is 9.59 Å². The highest BCUT2D eigenvalue weighted by atomic mass is 32.2. The zero-order valence-electron chi connectivity index (χ0n) is 19.3. The molecule has 1 N–H and O–H groups in total. The molecule has 178 valence electrons. The average molecular weight is 465 g/mol. The second kappa shape index (κ2) is 11.2. The van der Waals surface area contributed by atoms with E-state index in [1.54, 1.807) is 17.0 Å². The van der Waals surface area contributed by atoms with Crippen LogP contribution < -0.4 is 5.32 Å². The molecule has 1 aliphatic heterocycles. The van der Waals surface area contributed by atoms with Crippen LogP contribution in [0.5, 0.6) is 0 Å². The zero-order valence-corrected chi connectivity index (χ0v) is 20.1. The first-order valence-corrected chi connectivity index (χ1v) is 13.0. The van der Waals surface area contributed by atoms with Gasteiger partial charge in [0.2, 0.25) is 21.8 Å². The van der Waals surface area contributed by atoms with Gasteiger partial charge < -0.3 is 15.1 Å². The maximum atomic E-state index is 12.9. The van der Waals surface area contributed by atoms with E-state index in [0.29, 0.717) is 18.8 Å². The normalized spacial score (nSPS) is 19.0. The van der Waals surface area contributed by atoms with E-state index in [4.69, 9.17) is 0 Å². The molecule has 0 unspecified atom stereocenters. The summed E-state index contributed by atoms with van der Waals surface area (Å²) in [5.74, 6) is 0.392. The Kier molecular flexibility index (Phi) is 8.67. The number of rotatable bonds is 7. The van der Waals surface area contributed by atoms with Gasteiger partial charge in [0.05, 0.1) is 11.4 Å². The Balaban J connectivity index is 1.53. The van der Waals surface area contributed by atoms with E-state index in [9.17, 15) is 18.0 Å². The van der Waals surface area contributed by atoms with Crippen molar-refractivity contribution in [2.24, 2.45) is 5.92 Å². The van der Waals surface area contributed by atoms with Crippen molar-refractivity contribution in [3.63, 3.8) is 0 Å². The van der Waals surface area contributed by atoms with Gasteiger partial charge in [0.25, 0.3) is 0 Å². The average Bonchev–Trinajstić information content (AvgIpc) is 3.00. The molecule has 2 aliphatic rings. The Morgan fingerprint density at radius 3 is 2.34 bits per heavy atom. The minimum Gasteiger partial charge on any atom is -0.340 e. The van der Waals surface area contributed by atoms with Crippen molar-refractivity contribution in [1.82, 2.24) is 14.1 Å². The fraction of sp³-hybridized carbons (Fsp3) is 0.652. The number of hydrogen-bond acceptors (Lipinski definition) is 5. The second-order valence-corrected chi connectivity index (χ2v) is 11.1. The highest BCUT2D eigenvalue weighted by Gasteiger charge is 2.27. The maximum absolute atomic E-state index is 12.9. The molecule has 0 aromatic heterocycles. The van der Waals surface area contributed by atoms with E-state index in [-0.39, 0.29) is 23.3 Å². The van der Waals surface area contributed by atoms with Gasteiger partial charge in [-0.1, -0.05) is 19.3 Å². The van der Waals surface area contributed by atoms with Crippen LogP contribution in [0.3, 0.4) is 0 Å². The van der Waals surface area contributed by atoms with Gasteiger partial charge >= 0.3 is 0 Å². The summed E-state index contributed by atoms with van der Waals surface area (Å²) in [4.78, 5) is 28.4. The van der Waals surface area contributed by atoms with Crippen LogP contribution in [0.1, 0.15) is 45.4 Å². The number of benzene rings is 1. The third-order valence-electron chi connectivity index (χ3n) is 6.42. The molecule has 3 rings (SSSR count). The third kappa shape index (κ3) is 6.76. The molecule has 1 aromatic rings. The number of likely N-dealkylation sites (N-methyl/N-ethyl adjacent to an activating group) is 1. The van der Waals surface area contributed by atoms with Crippen LogP contribution >= 0.6 is 0 Å². The van der Waals surface area contributed by atoms with Crippen LogP contribution in [0.2, 0.25) is 0 Å². The standard InChI is InChI=1S/C23H36N4O4S/c1-19(28)24-21-9-11-22(12-10-21)32(30,31)25(2)18-23(29)27-14-6-13-26(15-16-27)17-20-7-4-3-5-8-20/h9-12,20H,3-8,13-18H2,1-2H3,(H,24,28). The quantitative estimate of drug-likeness (QED) is 0.669. The number of nitrogens with zero attached hydrogens (tertiary/aromatic N) is 3. The fourth-order valence-corrected chi connectivity index (χ4v) is 5.73. The van der Waals surface area contributed by atoms with E-state index < -0.39 is 10.0 Å². The number of nitrogens with one attached hydrogen (secondary N) is 1. The lowest BCUT2D eigenvalue weighted by Crippen LogP contribution is -2.43. The van der Waals surface area contributed by atoms with Crippen LogP contribution in [0.4, 0.5) is 5.69 Å². The number of hydrogen-bond donors (Lipinski definition) is 1. The molecule has 9 heteroatoms. The number of sulfonamides is 1. The molecule has 8 nitrogen and oxygen atoms in total. The van der Waals surface area contributed by atoms with Crippen molar-refractivity contribution >= 4 is 27.5 Å². The topological polar surface area (TPSA) is 90.0 Å². The molecule has 0 radical (unpaired) electrons. The van der Waals surface area contributed by atoms with E-state index in [1.807, 2.05) is 0 Å². The van der Waals surface area contributed by atoms with Crippen LogP contribution in [0, 0.1) is 5.92 Å². The first-order valence-electron chi connectivity index (χ1n) is 11.6. The lowest BCUT2D eigenvalue weighted by Gasteiger charge is -2.29. The number of carbonyl (C=O) groups is 2. The molecule has 1 heterocycles. The lowest BCUT2D eigenvalue weighted by atomic mass is 9.89. The molecule has 1 aliphatic carbocycles. The molecule has 2 fully saturated rings. The third-order valence-corrected chi connectivity index (χ3v) is 8.24. The van der Waals surface area contributed by atoms with Crippen molar-refractivity contribution in [3.8, 4) is 0 Å². The van der Waals surface area contributed by atoms with Crippen molar-refractivity contribution in [1.29, 1.82) is 0 Å². The summed E-state index contributed by atoms with van der Waals surface area (Å²) in [7, 11) is -2.36. The van der Waals surface area contributed by atoms with Crippen LogP contribution in [0.15, 0.2) is 29.2 Å². The zero-order chi connectivity index (χ0) is 23.1. The van der Waals surface area contributed by atoms with E-state index >= 15 is 0 Å². The van der Waals surface area contributed by atoms with Crippen molar-refractivity contribution in [2.45, 2.75) is 50.3 Å². The second-order valence-electron chi connectivity index (χ2n) is 9.01. The molecule has 0 bridgehead atoms. The fourth-order valence-electron chi connectivity index (χ4n) is 4.61. The Morgan fingerprint density at radius 2 is 1.69 bits per heavy atom. The molecule has 2 amide bonds. The highest BCUT2D eigenvalue weighted by molar-refractivity contribution is 7.89. The SMILES string of the molecule is CC(=O)Nc1ccc(S(=O)(=O)N(C)CC(=O)N2CCCN(CC3CCCCC3)CC2)cc1. The van der Waals surface area contributed by atoms with Gasteiger partial charge in [0, 0.05) is 45.8 Å². The van der Waals surface area contributed by atoms with Gasteiger partial charge in [0.1, 0.15) is 0 Å². The van der Waals surface area contributed by atoms with E-state index in [2.05, 4.69) is 10.2 Å². The largest absolute Gasteiger partial charge is 0.340 e. The van der Waals surface area contributed by atoms with Crippen LogP contribution in [0.25, 0.3) is 0 Å². The predicted octanol–water partition coefficient (Wildman–Crippen LogP) is 2.38. The molecule has 1 saturated carbocycles. The minimum atomic E-state index is -3.79. The summed E-state index contributed by atoms with van der Waals surface area (Å²) in [5.41, 5.74) is 0.525. The van der Waals surface area contributed by atoms with Gasteiger partial charge in [-0.25, -0.2) is 8.42 Å². The highest BCUT2D eigenvalue weighted by Crippen LogP contribution is 2.25. The summed E-state index contributed by atoms with van der Waals surface area (Å²) in [6, 6.07) is 5.96. The van der Waals surface area contributed by atoms with Crippen LogP contribution in [-0.2, 0) is 19.6 Å². The van der Waals surface area contributed by atoms with Gasteiger partial charge in [-0.05, 0) is 56.0 Å². The summed E-state index contributed by atoms with van der Waals surface area (Å²) in [5, 5.41) is 2.61. The Labute approximate surface area is 192 Å². The van der Waals surface area contributed by atoms with Crippen molar-refractivity contribution in [3.05, 3.63) is 24.3 Å². The Morgan fingerprint density at radius 1 is 1.00 bits per heavy atom. The molecular formula is C23H36N4O4S.